The van der Waals surface area contributed by atoms with Gasteiger partial charge in [-0.05, 0) is 101 Å². The van der Waals surface area contributed by atoms with Crippen LogP contribution in [0.5, 0.6) is 5.75 Å². The van der Waals surface area contributed by atoms with Gasteiger partial charge >= 0.3 is 0 Å². The summed E-state index contributed by atoms with van der Waals surface area (Å²) in [7, 11) is 0. The Balaban J connectivity index is 1.10. The van der Waals surface area contributed by atoms with Gasteiger partial charge in [-0.2, -0.15) is 0 Å². The first-order valence-corrected chi connectivity index (χ1v) is 17.0. The SMILES string of the molecule is C1=C(c2c3ccccc3c(-c3ccc4ccccc4c3)c3ccccc23)C=C2Sc3cc4c(cc3C2C1)C(c1ccccc1)CO4. The van der Waals surface area contributed by atoms with Gasteiger partial charge in [-0.15, -0.1) is 0 Å². The number of ether oxygens (including phenoxy) is 1. The fourth-order valence-corrected chi connectivity index (χ4v) is 9.32. The highest BCUT2D eigenvalue weighted by atomic mass is 32.2. The lowest BCUT2D eigenvalue weighted by Gasteiger charge is -2.22. The summed E-state index contributed by atoms with van der Waals surface area (Å²) in [5, 5.41) is 7.76. The fraction of sp³-hybridized carbons (Fsp3) is 0.0909. The van der Waals surface area contributed by atoms with Gasteiger partial charge in [0.1, 0.15) is 5.75 Å². The Kier molecular flexibility index (Phi) is 5.83. The number of rotatable bonds is 3. The molecule has 218 valence electrons. The normalized spacial score (nSPS) is 18.2. The molecule has 0 spiro atoms. The monoisotopic (exact) mass is 606 g/mol. The zero-order chi connectivity index (χ0) is 30.2. The van der Waals surface area contributed by atoms with E-state index in [0.717, 1.165) is 18.8 Å². The Morgan fingerprint density at radius 1 is 0.565 bits per heavy atom. The predicted molar refractivity (Wildman–Crippen MR) is 194 cm³/mol. The molecule has 2 aliphatic heterocycles. The molecule has 2 unspecified atom stereocenters. The Labute approximate surface area is 272 Å². The number of benzene rings is 7. The molecule has 0 saturated heterocycles. The first-order valence-electron chi connectivity index (χ1n) is 16.2. The van der Waals surface area contributed by atoms with E-state index in [9.17, 15) is 0 Å². The van der Waals surface area contributed by atoms with Crippen molar-refractivity contribution in [1.82, 2.24) is 0 Å². The minimum Gasteiger partial charge on any atom is -0.492 e. The van der Waals surface area contributed by atoms with Crippen molar-refractivity contribution in [2.45, 2.75) is 23.2 Å². The van der Waals surface area contributed by atoms with Crippen LogP contribution in [0.3, 0.4) is 0 Å². The molecule has 0 bridgehead atoms. The van der Waals surface area contributed by atoms with Crippen LogP contribution < -0.4 is 4.74 Å². The third-order valence-electron chi connectivity index (χ3n) is 10.2. The molecule has 1 aliphatic carbocycles. The van der Waals surface area contributed by atoms with Crippen LogP contribution >= 0.6 is 11.8 Å². The standard InChI is InChI=1S/C44H30OS/c1-2-11-28(12-3-1)39-26-45-40-25-42-38(24-37(39)40)32-21-20-31(23-41(32)46-42)44-35-16-8-6-14-33(35)43(34-15-7-9-17-36(34)44)30-19-18-27-10-4-5-13-29(27)22-30/h1-20,22-25,32,39H,21,26H2. The average Bonchev–Trinajstić information content (AvgIpc) is 3.69. The van der Waals surface area contributed by atoms with Crippen molar-refractivity contribution in [1.29, 1.82) is 0 Å². The van der Waals surface area contributed by atoms with Crippen LogP contribution in [0.25, 0.3) is 49.0 Å². The number of allylic oxidation sites excluding steroid dienone is 4. The number of fused-ring (bicyclic) bond motifs is 7. The van der Waals surface area contributed by atoms with Crippen molar-refractivity contribution in [3.63, 3.8) is 0 Å². The zero-order valence-electron chi connectivity index (χ0n) is 25.2. The molecule has 0 fully saturated rings. The molecule has 0 radical (unpaired) electrons. The number of hydrogen-bond acceptors (Lipinski definition) is 2. The molecule has 3 aliphatic rings. The lowest BCUT2D eigenvalue weighted by Crippen LogP contribution is -2.04. The smallest absolute Gasteiger partial charge is 0.124 e. The summed E-state index contributed by atoms with van der Waals surface area (Å²) in [6.07, 6.45) is 5.97. The molecule has 0 saturated carbocycles. The van der Waals surface area contributed by atoms with E-state index in [1.54, 1.807) is 0 Å². The summed E-state index contributed by atoms with van der Waals surface area (Å²) in [4.78, 5) is 2.79. The summed E-state index contributed by atoms with van der Waals surface area (Å²) in [5.41, 5.74) is 9.37. The average molecular weight is 607 g/mol. The van der Waals surface area contributed by atoms with E-state index in [4.69, 9.17) is 4.74 Å². The van der Waals surface area contributed by atoms with Gasteiger partial charge in [-0.1, -0.05) is 133 Å². The van der Waals surface area contributed by atoms with E-state index in [0.29, 0.717) is 11.8 Å². The molecule has 2 atom stereocenters. The maximum Gasteiger partial charge on any atom is 0.124 e. The van der Waals surface area contributed by atoms with E-state index in [1.807, 2.05) is 11.8 Å². The van der Waals surface area contributed by atoms with Gasteiger partial charge < -0.3 is 4.74 Å². The minimum atomic E-state index is 0.299. The second kappa shape index (κ2) is 10.2. The Morgan fingerprint density at radius 3 is 2.00 bits per heavy atom. The fourth-order valence-electron chi connectivity index (χ4n) is 8.03. The van der Waals surface area contributed by atoms with Crippen LogP contribution in [0, 0.1) is 0 Å². The molecule has 10 rings (SSSR count). The molecule has 0 amide bonds. The first-order chi connectivity index (χ1) is 22.8. The number of thioether (sulfide) groups is 1. The Morgan fingerprint density at radius 2 is 1.24 bits per heavy atom. The van der Waals surface area contributed by atoms with Gasteiger partial charge in [0.2, 0.25) is 0 Å². The van der Waals surface area contributed by atoms with Crippen LogP contribution in [-0.2, 0) is 0 Å². The van der Waals surface area contributed by atoms with Crippen LogP contribution in [0.1, 0.15) is 40.5 Å². The summed E-state index contributed by atoms with van der Waals surface area (Å²) < 4.78 is 6.26. The van der Waals surface area contributed by atoms with Crippen molar-refractivity contribution in [3.05, 3.63) is 173 Å². The molecule has 7 aromatic rings. The molecule has 46 heavy (non-hydrogen) atoms. The van der Waals surface area contributed by atoms with Crippen molar-refractivity contribution < 1.29 is 4.74 Å². The molecular weight excluding hydrogens is 577 g/mol. The largest absolute Gasteiger partial charge is 0.492 e. The highest BCUT2D eigenvalue weighted by Crippen LogP contribution is 2.57. The van der Waals surface area contributed by atoms with Gasteiger partial charge in [-0.3, -0.25) is 0 Å². The first kappa shape index (κ1) is 26.2. The molecule has 2 heterocycles. The molecule has 2 heteroatoms. The highest BCUT2D eigenvalue weighted by molar-refractivity contribution is 8.03. The summed E-state index contributed by atoms with van der Waals surface area (Å²) >= 11 is 1.93. The summed E-state index contributed by atoms with van der Waals surface area (Å²) in [5.74, 6) is 1.75. The van der Waals surface area contributed by atoms with Gasteiger partial charge in [0.15, 0.2) is 0 Å². The minimum absolute atomic E-state index is 0.299. The van der Waals surface area contributed by atoms with Crippen molar-refractivity contribution in [3.8, 4) is 16.9 Å². The Hall–Kier alpha value is -5.05. The number of hydrogen-bond donors (Lipinski definition) is 0. The third kappa shape index (κ3) is 3.96. The zero-order valence-corrected chi connectivity index (χ0v) is 26.1. The lowest BCUT2D eigenvalue weighted by molar-refractivity contribution is 0.342. The van der Waals surface area contributed by atoms with Gasteiger partial charge in [0.05, 0.1) is 6.61 Å². The second-order valence-corrected chi connectivity index (χ2v) is 13.8. The van der Waals surface area contributed by atoms with Crippen molar-refractivity contribution in [2.24, 2.45) is 0 Å². The van der Waals surface area contributed by atoms with E-state index in [2.05, 4.69) is 146 Å². The van der Waals surface area contributed by atoms with Crippen LogP contribution in [0.4, 0.5) is 0 Å². The van der Waals surface area contributed by atoms with Gasteiger partial charge in [-0.25, -0.2) is 0 Å². The van der Waals surface area contributed by atoms with Crippen LogP contribution in [0.15, 0.2) is 155 Å². The molecular formula is C44H30OS. The van der Waals surface area contributed by atoms with Crippen LogP contribution in [0.2, 0.25) is 0 Å². The topological polar surface area (TPSA) is 9.23 Å². The maximum atomic E-state index is 6.26. The summed E-state index contributed by atoms with van der Waals surface area (Å²) in [6.45, 7) is 0.722. The lowest BCUT2D eigenvalue weighted by atomic mass is 9.82. The molecule has 1 nitrogen and oxygen atoms in total. The van der Waals surface area contributed by atoms with Crippen molar-refractivity contribution >= 4 is 49.7 Å². The van der Waals surface area contributed by atoms with E-state index < -0.39 is 0 Å². The second-order valence-electron chi connectivity index (χ2n) is 12.7. The third-order valence-corrected chi connectivity index (χ3v) is 11.4. The highest BCUT2D eigenvalue weighted by Gasteiger charge is 2.35. The van der Waals surface area contributed by atoms with Crippen LogP contribution in [-0.4, -0.2) is 6.61 Å². The quantitative estimate of drug-likeness (QED) is 0.185. The molecule has 7 aromatic carbocycles. The van der Waals surface area contributed by atoms with Gasteiger partial charge in [0.25, 0.3) is 0 Å². The Bertz CT molecular complexity index is 2380. The van der Waals surface area contributed by atoms with Crippen molar-refractivity contribution in [2.75, 3.05) is 6.61 Å². The van der Waals surface area contributed by atoms with E-state index in [1.165, 1.54) is 81.1 Å². The summed E-state index contributed by atoms with van der Waals surface area (Å²) in [6, 6.07) is 49.1. The van der Waals surface area contributed by atoms with E-state index >= 15 is 0 Å². The van der Waals surface area contributed by atoms with Gasteiger partial charge in [0, 0.05) is 22.3 Å². The molecule has 0 N–H and O–H groups in total. The predicted octanol–water partition coefficient (Wildman–Crippen LogP) is 11.9. The van der Waals surface area contributed by atoms with E-state index in [-0.39, 0.29) is 0 Å². The maximum absolute atomic E-state index is 6.26. The molecule has 0 aromatic heterocycles.